The highest BCUT2D eigenvalue weighted by molar-refractivity contribution is 7.90. The molecule has 2 atom stereocenters. The first-order chi connectivity index (χ1) is 19.4. The van der Waals surface area contributed by atoms with Crippen LogP contribution in [0.1, 0.15) is 37.0 Å². The first-order valence-corrected chi connectivity index (χ1v) is 15.0. The molecule has 0 unspecified atom stereocenters. The zero-order chi connectivity index (χ0) is 30.2. The van der Waals surface area contributed by atoms with Gasteiger partial charge in [-0.25, -0.2) is 8.70 Å². The van der Waals surface area contributed by atoms with Crippen LogP contribution < -0.4 is 9.62 Å². The van der Waals surface area contributed by atoms with Crippen molar-refractivity contribution in [2.24, 2.45) is 0 Å². The van der Waals surface area contributed by atoms with Gasteiger partial charge in [0.2, 0.25) is 11.8 Å². The van der Waals surface area contributed by atoms with Crippen LogP contribution in [0.15, 0.2) is 78.9 Å². The molecule has 1 N–H and O–H groups in total. The van der Waals surface area contributed by atoms with Gasteiger partial charge in [0, 0.05) is 33.1 Å². The first kappa shape index (κ1) is 31.8. The maximum Gasteiger partial charge on any atom is 0.304 e. The van der Waals surface area contributed by atoms with Gasteiger partial charge in [-0.1, -0.05) is 73.7 Å². The van der Waals surface area contributed by atoms with Gasteiger partial charge in [-0.2, -0.15) is 12.7 Å². The van der Waals surface area contributed by atoms with Crippen LogP contribution in [0.5, 0.6) is 0 Å². The zero-order valence-corrected chi connectivity index (χ0v) is 25.1. The Morgan fingerprint density at radius 2 is 1.54 bits per heavy atom. The van der Waals surface area contributed by atoms with Crippen molar-refractivity contribution in [1.29, 1.82) is 0 Å². The van der Waals surface area contributed by atoms with Crippen LogP contribution in [-0.2, 0) is 32.8 Å². The van der Waals surface area contributed by atoms with E-state index in [1.54, 1.807) is 0 Å². The Hall–Kier alpha value is -3.76. The molecule has 3 aromatic carbocycles. The number of carbonyl (C=O) groups excluding carboxylic acids is 2. The smallest absolute Gasteiger partial charge is 0.304 e. The summed E-state index contributed by atoms with van der Waals surface area (Å²) in [6, 6.07) is 21.1. The summed E-state index contributed by atoms with van der Waals surface area (Å²) in [6.07, 6.45) is 0.901. The first-order valence-electron chi connectivity index (χ1n) is 13.6. The lowest BCUT2D eigenvalue weighted by Gasteiger charge is -2.35. The molecular formula is C31H39FN4O4S. The number of nitrogens with one attached hydrogen (secondary N) is 1. The summed E-state index contributed by atoms with van der Waals surface area (Å²) in [5.41, 5.74) is 2.31. The molecule has 3 rings (SSSR count). The minimum Gasteiger partial charge on any atom is -0.352 e. The van der Waals surface area contributed by atoms with Crippen LogP contribution in [0, 0.1) is 12.7 Å². The highest BCUT2D eigenvalue weighted by atomic mass is 32.2. The molecule has 0 bridgehead atoms. The molecule has 10 heteroatoms. The molecule has 0 spiro atoms. The second-order valence-electron chi connectivity index (χ2n) is 10.2. The normalized spacial score (nSPS) is 13.0. The monoisotopic (exact) mass is 582 g/mol. The number of para-hydroxylation sites is 1. The van der Waals surface area contributed by atoms with Gasteiger partial charge in [0.05, 0.1) is 5.69 Å². The summed E-state index contributed by atoms with van der Waals surface area (Å²) in [6.45, 7) is 5.10. The third kappa shape index (κ3) is 8.14. The molecule has 0 aliphatic rings. The van der Waals surface area contributed by atoms with E-state index in [2.05, 4.69) is 5.32 Å². The van der Waals surface area contributed by atoms with Gasteiger partial charge in [0.15, 0.2) is 0 Å². The largest absolute Gasteiger partial charge is 0.352 e. The fourth-order valence-electron chi connectivity index (χ4n) is 4.32. The van der Waals surface area contributed by atoms with Gasteiger partial charge in [0.1, 0.15) is 18.4 Å². The summed E-state index contributed by atoms with van der Waals surface area (Å²) in [4.78, 5) is 29.4. The molecule has 0 fully saturated rings. The van der Waals surface area contributed by atoms with E-state index in [0.717, 1.165) is 31.4 Å². The van der Waals surface area contributed by atoms with E-state index in [9.17, 15) is 22.4 Å². The van der Waals surface area contributed by atoms with Crippen LogP contribution in [0.2, 0.25) is 0 Å². The van der Waals surface area contributed by atoms with Crippen molar-refractivity contribution in [1.82, 2.24) is 14.5 Å². The number of benzene rings is 3. The Balaban J connectivity index is 2.12. The highest BCUT2D eigenvalue weighted by Gasteiger charge is 2.35. The highest BCUT2D eigenvalue weighted by Crippen LogP contribution is 2.25. The number of hydrogen-bond donors (Lipinski definition) is 1. The van der Waals surface area contributed by atoms with E-state index >= 15 is 0 Å². The maximum absolute atomic E-state index is 14.9. The number of nitrogens with zero attached hydrogens (tertiary/aromatic N) is 3. The molecule has 2 amide bonds. The predicted molar refractivity (Wildman–Crippen MR) is 160 cm³/mol. The van der Waals surface area contributed by atoms with Crippen LogP contribution in [0.25, 0.3) is 0 Å². The fraction of sp³-hybridized carbons (Fsp3) is 0.355. The molecule has 0 radical (unpaired) electrons. The van der Waals surface area contributed by atoms with E-state index < -0.39 is 34.5 Å². The van der Waals surface area contributed by atoms with Crippen molar-refractivity contribution in [2.45, 2.75) is 52.2 Å². The molecule has 3 aromatic rings. The molecule has 220 valence electrons. The molecule has 0 aliphatic heterocycles. The number of anilines is 1. The molecule has 0 aromatic heterocycles. The van der Waals surface area contributed by atoms with Gasteiger partial charge < -0.3 is 10.2 Å². The SMILES string of the molecule is CC[C@@H](C)NC(=O)[C@@H](Cc1ccccc1)N(Cc1ccccc1C)C(=O)CN(c1ccccc1F)S(=O)(=O)N(C)C. The molecule has 8 nitrogen and oxygen atoms in total. The molecule has 0 heterocycles. The van der Waals surface area contributed by atoms with E-state index in [1.165, 1.54) is 37.2 Å². The summed E-state index contributed by atoms with van der Waals surface area (Å²) in [7, 11) is -1.64. The lowest BCUT2D eigenvalue weighted by molar-refractivity contribution is -0.140. The van der Waals surface area contributed by atoms with Crippen LogP contribution in [0.3, 0.4) is 0 Å². The van der Waals surface area contributed by atoms with Gasteiger partial charge in [0.25, 0.3) is 0 Å². The number of aryl methyl sites for hydroxylation is 1. The number of hydrogen-bond acceptors (Lipinski definition) is 4. The van der Waals surface area contributed by atoms with Crippen LogP contribution >= 0.6 is 0 Å². The van der Waals surface area contributed by atoms with E-state index in [1.807, 2.05) is 75.4 Å². The average molecular weight is 583 g/mol. The van der Waals surface area contributed by atoms with Crippen molar-refractivity contribution in [3.05, 3.63) is 101 Å². The van der Waals surface area contributed by atoms with Crippen molar-refractivity contribution in [3.63, 3.8) is 0 Å². The average Bonchev–Trinajstić information content (AvgIpc) is 2.95. The Labute approximate surface area is 243 Å². The van der Waals surface area contributed by atoms with E-state index in [0.29, 0.717) is 6.42 Å². The van der Waals surface area contributed by atoms with Crippen molar-refractivity contribution in [2.75, 3.05) is 24.9 Å². The molecule has 0 aliphatic carbocycles. The van der Waals surface area contributed by atoms with Crippen LogP contribution in [0.4, 0.5) is 10.1 Å². The Bertz CT molecular complexity index is 1430. The third-order valence-corrected chi connectivity index (χ3v) is 8.82. The minimum absolute atomic E-state index is 0.0596. The summed E-state index contributed by atoms with van der Waals surface area (Å²) in [5.74, 6) is -1.77. The Kier molecular flexibility index (Phi) is 11.0. The summed E-state index contributed by atoms with van der Waals surface area (Å²) >= 11 is 0. The lowest BCUT2D eigenvalue weighted by atomic mass is 10.0. The van der Waals surface area contributed by atoms with Crippen molar-refractivity contribution >= 4 is 27.7 Å². The van der Waals surface area contributed by atoms with Crippen LogP contribution in [-0.4, -0.2) is 62.2 Å². The van der Waals surface area contributed by atoms with Gasteiger partial charge >= 0.3 is 10.2 Å². The number of halogens is 1. The van der Waals surface area contributed by atoms with E-state index in [4.69, 9.17) is 0 Å². The standard InChI is InChI=1S/C31H39FN4O4S/c1-6-24(3)33-31(38)29(20-25-15-8-7-9-16-25)35(21-26-17-11-10-14-23(26)2)30(37)22-36(41(39,40)34(4)5)28-19-13-12-18-27(28)32/h7-19,24,29H,6,20-22H2,1-5H3,(H,33,38)/t24-,29-/m1/s1. The second kappa shape index (κ2) is 14.2. The second-order valence-corrected chi connectivity index (χ2v) is 12.3. The Morgan fingerprint density at radius 3 is 2.15 bits per heavy atom. The van der Waals surface area contributed by atoms with Crippen molar-refractivity contribution in [3.8, 4) is 0 Å². The quantitative estimate of drug-likeness (QED) is 0.326. The number of carbonyl (C=O) groups is 2. The number of amides is 2. The summed E-state index contributed by atoms with van der Waals surface area (Å²) < 4.78 is 43.3. The molecule has 41 heavy (non-hydrogen) atoms. The number of rotatable bonds is 13. The minimum atomic E-state index is -4.27. The lowest BCUT2D eigenvalue weighted by Crippen LogP contribution is -2.55. The predicted octanol–water partition coefficient (Wildman–Crippen LogP) is 4.30. The summed E-state index contributed by atoms with van der Waals surface area (Å²) in [5, 5.41) is 3.00. The van der Waals surface area contributed by atoms with Gasteiger partial charge in [-0.05, 0) is 49.1 Å². The molecule has 0 saturated carbocycles. The topological polar surface area (TPSA) is 90.0 Å². The zero-order valence-electron chi connectivity index (χ0n) is 24.2. The maximum atomic E-state index is 14.9. The van der Waals surface area contributed by atoms with Gasteiger partial charge in [-0.15, -0.1) is 0 Å². The fourth-order valence-corrected chi connectivity index (χ4v) is 5.39. The van der Waals surface area contributed by atoms with E-state index in [-0.39, 0.29) is 30.6 Å². The van der Waals surface area contributed by atoms with Gasteiger partial charge in [-0.3, -0.25) is 9.59 Å². The third-order valence-electron chi connectivity index (χ3n) is 7.01. The molecular weight excluding hydrogens is 543 g/mol. The molecule has 0 saturated heterocycles. The Morgan fingerprint density at radius 1 is 0.927 bits per heavy atom. The van der Waals surface area contributed by atoms with Crippen molar-refractivity contribution < 1.29 is 22.4 Å².